The monoisotopic (exact) mass is 380 g/mol. The number of ether oxygens (including phenoxy) is 2. The van der Waals surface area contributed by atoms with E-state index in [0.717, 1.165) is 37.3 Å². The Morgan fingerprint density at radius 3 is 2.41 bits per heavy atom. The molecule has 0 atom stereocenters. The van der Waals surface area contributed by atoms with Crippen molar-refractivity contribution in [3.05, 3.63) is 58.9 Å². The first-order valence-electron chi connectivity index (χ1n) is 9.19. The summed E-state index contributed by atoms with van der Waals surface area (Å²) in [6.07, 6.45) is 3.16. The Balaban J connectivity index is 1.53. The number of halogens is 3. The van der Waals surface area contributed by atoms with E-state index in [0.29, 0.717) is 6.61 Å². The molecule has 0 radical (unpaired) electrons. The van der Waals surface area contributed by atoms with Gasteiger partial charge in [0, 0.05) is 5.56 Å². The van der Waals surface area contributed by atoms with Crippen LogP contribution in [0.3, 0.4) is 0 Å². The van der Waals surface area contributed by atoms with Gasteiger partial charge in [-0.05, 0) is 68.4 Å². The van der Waals surface area contributed by atoms with E-state index in [1.165, 1.54) is 12.1 Å². The molecule has 0 amide bonds. The van der Waals surface area contributed by atoms with Gasteiger partial charge >= 0.3 is 0 Å². The van der Waals surface area contributed by atoms with Crippen LogP contribution in [0.15, 0.2) is 30.3 Å². The number of benzene rings is 2. The number of aromatic hydroxyl groups is 1. The van der Waals surface area contributed by atoms with Crippen molar-refractivity contribution < 1.29 is 27.8 Å². The highest BCUT2D eigenvalue weighted by molar-refractivity contribution is 5.32. The SMILES string of the molecule is CCOc1ccc(C2CCC(OCc3ccc(O)c(F)c3F)CC2)cc1F. The summed E-state index contributed by atoms with van der Waals surface area (Å²) >= 11 is 0. The van der Waals surface area contributed by atoms with E-state index in [1.54, 1.807) is 6.07 Å². The minimum Gasteiger partial charge on any atom is -0.505 e. The summed E-state index contributed by atoms with van der Waals surface area (Å²) in [6, 6.07) is 7.54. The van der Waals surface area contributed by atoms with Gasteiger partial charge in [0.25, 0.3) is 0 Å². The van der Waals surface area contributed by atoms with Crippen molar-refractivity contribution in [2.45, 2.75) is 51.2 Å². The van der Waals surface area contributed by atoms with Gasteiger partial charge in [-0.15, -0.1) is 0 Å². The van der Waals surface area contributed by atoms with Crippen LogP contribution in [0.25, 0.3) is 0 Å². The lowest BCUT2D eigenvalue weighted by atomic mass is 9.82. The summed E-state index contributed by atoms with van der Waals surface area (Å²) < 4.78 is 52.1. The van der Waals surface area contributed by atoms with Gasteiger partial charge < -0.3 is 14.6 Å². The first-order valence-corrected chi connectivity index (χ1v) is 9.19. The summed E-state index contributed by atoms with van der Waals surface area (Å²) in [6.45, 7) is 2.19. The van der Waals surface area contributed by atoms with Crippen molar-refractivity contribution in [2.75, 3.05) is 6.61 Å². The second-order valence-electron chi connectivity index (χ2n) is 6.78. The van der Waals surface area contributed by atoms with E-state index in [2.05, 4.69) is 0 Å². The molecule has 1 aliphatic rings. The maximum Gasteiger partial charge on any atom is 0.200 e. The highest BCUT2D eigenvalue weighted by atomic mass is 19.2. The Hall–Kier alpha value is -2.21. The highest BCUT2D eigenvalue weighted by Crippen LogP contribution is 2.36. The number of phenols is 1. The van der Waals surface area contributed by atoms with Crippen molar-refractivity contribution in [3.8, 4) is 11.5 Å². The first-order chi connectivity index (χ1) is 13.0. The maximum absolute atomic E-state index is 14.0. The van der Waals surface area contributed by atoms with Crippen LogP contribution in [0, 0.1) is 17.5 Å². The minimum atomic E-state index is -1.25. The second-order valence-corrected chi connectivity index (χ2v) is 6.78. The molecule has 1 fully saturated rings. The van der Waals surface area contributed by atoms with E-state index in [4.69, 9.17) is 14.6 Å². The zero-order valence-electron chi connectivity index (χ0n) is 15.2. The van der Waals surface area contributed by atoms with Crippen LogP contribution in [-0.4, -0.2) is 17.8 Å². The fourth-order valence-electron chi connectivity index (χ4n) is 3.50. The molecule has 146 valence electrons. The zero-order chi connectivity index (χ0) is 19.4. The van der Waals surface area contributed by atoms with Gasteiger partial charge in [-0.25, -0.2) is 8.78 Å². The third-order valence-corrected chi connectivity index (χ3v) is 5.02. The van der Waals surface area contributed by atoms with E-state index >= 15 is 0 Å². The zero-order valence-corrected chi connectivity index (χ0v) is 15.2. The van der Waals surface area contributed by atoms with Crippen molar-refractivity contribution in [1.29, 1.82) is 0 Å². The minimum absolute atomic E-state index is 0.0456. The average molecular weight is 380 g/mol. The molecular formula is C21H23F3O3. The van der Waals surface area contributed by atoms with Crippen LogP contribution in [0.4, 0.5) is 13.2 Å². The fraction of sp³-hybridized carbons (Fsp3) is 0.429. The molecule has 3 nitrogen and oxygen atoms in total. The molecule has 0 aliphatic heterocycles. The van der Waals surface area contributed by atoms with Gasteiger partial charge in [0.15, 0.2) is 23.1 Å². The Labute approximate surface area is 156 Å². The molecule has 2 aromatic rings. The summed E-state index contributed by atoms with van der Waals surface area (Å²) in [5.74, 6) is -2.87. The topological polar surface area (TPSA) is 38.7 Å². The smallest absolute Gasteiger partial charge is 0.200 e. The molecule has 0 unspecified atom stereocenters. The summed E-state index contributed by atoms with van der Waals surface area (Å²) in [5, 5.41) is 9.16. The molecule has 1 saturated carbocycles. The fourth-order valence-corrected chi connectivity index (χ4v) is 3.50. The van der Waals surface area contributed by atoms with Crippen LogP contribution in [0.1, 0.15) is 49.7 Å². The standard InChI is InChI=1S/C21H23F3O3/c1-2-26-19-10-6-14(11-17(19)22)13-3-7-16(8-4-13)27-12-15-5-9-18(25)21(24)20(15)23/h5-6,9-11,13,16,25H,2-4,7-8,12H2,1H3. The van der Waals surface area contributed by atoms with Crippen molar-refractivity contribution in [2.24, 2.45) is 0 Å². The van der Waals surface area contributed by atoms with E-state index in [1.807, 2.05) is 13.0 Å². The third kappa shape index (κ3) is 4.56. The predicted octanol–water partition coefficient (Wildman–Crippen LogP) is 5.45. The number of phenolic OH excluding ortho intramolecular Hbond substituents is 1. The number of rotatable bonds is 6. The average Bonchev–Trinajstić information content (AvgIpc) is 2.68. The molecule has 1 N–H and O–H groups in total. The Bertz CT molecular complexity index is 786. The third-order valence-electron chi connectivity index (χ3n) is 5.02. The molecule has 1 aliphatic carbocycles. The molecule has 0 heterocycles. The van der Waals surface area contributed by atoms with E-state index in [9.17, 15) is 13.2 Å². The van der Waals surface area contributed by atoms with Gasteiger partial charge in [-0.1, -0.05) is 6.07 Å². The van der Waals surface area contributed by atoms with E-state index in [-0.39, 0.29) is 35.8 Å². The predicted molar refractivity (Wildman–Crippen MR) is 95.4 cm³/mol. The lowest BCUT2D eigenvalue weighted by Gasteiger charge is -2.29. The molecule has 6 heteroatoms. The van der Waals surface area contributed by atoms with Gasteiger partial charge in [0.1, 0.15) is 0 Å². The quantitative estimate of drug-likeness (QED) is 0.724. The Morgan fingerprint density at radius 1 is 1.00 bits per heavy atom. The van der Waals surface area contributed by atoms with Gasteiger partial charge in [-0.2, -0.15) is 4.39 Å². The van der Waals surface area contributed by atoms with Crippen molar-refractivity contribution in [3.63, 3.8) is 0 Å². The number of hydrogen-bond donors (Lipinski definition) is 1. The van der Waals surface area contributed by atoms with Crippen LogP contribution < -0.4 is 4.74 Å². The molecule has 2 aromatic carbocycles. The Kier molecular flexibility index (Phi) is 6.26. The maximum atomic E-state index is 14.0. The van der Waals surface area contributed by atoms with Gasteiger partial charge in [-0.3, -0.25) is 0 Å². The summed E-state index contributed by atoms with van der Waals surface area (Å²) in [4.78, 5) is 0. The molecule has 0 saturated heterocycles. The summed E-state index contributed by atoms with van der Waals surface area (Å²) in [5.41, 5.74) is 1.03. The lowest BCUT2D eigenvalue weighted by molar-refractivity contribution is 0.0118. The van der Waals surface area contributed by atoms with Gasteiger partial charge in [0.2, 0.25) is 5.82 Å². The molecule has 0 spiro atoms. The molecule has 3 rings (SSSR count). The van der Waals surface area contributed by atoms with Crippen LogP contribution in [-0.2, 0) is 11.3 Å². The van der Waals surface area contributed by atoms with E-state index < -0.39 is 17.4 Å². The van der Waals surface area contributed by atoms with Crippen molar-refractivity contribution in [1.82, 2.24) is 0 Å². The second kappa shape index (κ2) is 8.65. The summed E-state index contributed by atoms with van der Waals surface area (Å²) in [7, 11) is 0. The Morgan fingerprint density at radius 2 is 1.74 bits per heavy atom. The largest absolute Gasteiger partial charge is 0.505 e. The highest BCUT2D eigenvalue weighted by Gasteiger charge is 2.24. The normalized spacial score (nSPS) is 19.9. The molecule has 0 bridgehead atoms. The van der Waals surface area contributed by atoms with Crippen molar-refractivity contribution >= 4 is 0 Å². The van der Waals surface area contributed by atoms with Crippen LogP contribution in [0.2, 0.25) is 0 Å². The first kappa shape index (κ1) is 19.5. The molecule has 27 heavy (non-hydrogen) atoms. The molecule has 0 aromatic heterocycles. The van der Waals surface area contributed by atoms with Crippen LogP contribution >= 0.6 is 0 Å². The number of hydrogen-bond acceptors (Lipinski definition) is 3. The molecular weight excluding hydrogens is 357 g/mol. The lowest BCUT2D eigenvalue weighted by Crippen LogP contribution is -2.21. The van der Waals surface area contributed by atoms with Crippen LogP contribution in [0.5, 0.6) is 11.5 Å². The van der Waals surface area contributed by atoms with Gasteiger partial charge in [0.05, 0.1) is 19.3 Å².